The fourth-order valence-electron chi connectivity index (χ4n) is 7.73. The zero-order valence-electron chi connectivity index (χ0n) is 16.9. The summed E-state index contributed by atoms with van der Waals surface area (Å²) in [5, 5.41) is 0. The van der Waals surface area contributed by atoms with Crippen LogP contribution in [0.25, 0.3) is 0 Å². The molecule has 0 aromatic heterocycles. The molecular weight excluding hydrogens is 320 g/mol. The van der Waals surface area contributed by atoms with Crippen molar-refractivity contribution in [2.45, 2.75) is 72.6 Å². The average Bonchev–Trinajstić information content (AvgIpc) is 2.59. The first-order chi connectivity index (χ1) is 12.3. The largest absolute Gasteiger partial charge is 0.303 e. The van der Waals surface area contributed by atoms with Gasteiger partial charge in [-0.15, -0.1) is 0 Å². The Morgan fingerprint density at radius 1 is 0.923 bits per heavy atom. The number of carbonyl (C=O) groups is 2. The number of allylic oxidation sites excluding steroid dienone is 4. The lowest BCUT2D eigenvalue weighted by Crippen LogP contribution is -2.54. The minimum absolute atomic E-state index is 0.0809. The molecule has 0 aromatic carbocycles. The highest BCUT2D eigenvalue weighted by Gasteiger charge is 2.58. The van der Waals surface area contributed by atoms with Crippen LogP contribution in [-0.4, -0.2) is 12.6 Å². The minimum atomic E-state index is -0.228. The normalized spacial score (nSPS) is 46.8. The smallest absolute Gasteiger partial charge is 0.146 e. The zero-order chi connectivity index (χ0) is 18.7. The number of hydrogen-bond acceptors (Lipinski definition) is 2. The first-order valence-corrected chi connectivity index (χ1v) is 10.6. The van der Waals surface area contributed by atoms with E-state index in [9.17, 15) is 9.59 Å². The molecule has 0 spiro atoms. The van der Waals surface area contributed by atoms with Crippen molar-refractivity contribution in [3.63, 3.8) is 0 Å². The van der Waals surface area contributed by atoms with Gasteiger partial charge in [0.15, 0.2) is 0 Å². The Kier molecular flexibility index (Phi) is 4.13. The summed E-state index contributed by atoms with van der Waals surface area (Å²) in [7, 11) is 0. The highest BCUT2D eigenvalue weighted by atomic mass is 16.1. The molecular formula is C24H34O2. The standard InChI is InChI=1S/C24H34O2/c1-22(2)11-5-12-24(4)19-10-13-23(3)18(17(19)7-9-21(22)24)8-6-16(14-25)20(23)15-26/h6-7,14-15,18-21H,5,8-13H2,1-4H3/t18-,19-,20-,21-,23+,24+/m0/s1. The van der Waals surface area contributed by atoms with E-state index in [0.29, 0.717) is 22.7 Å². The Morgan fingerprint density at radius 3 is 2.38 bits per heavy atom. The van der Waals surface area contributed by atoms with Crippen LogP contribution in [0.4, 0.5) is 0 Å². The summed E-state index contributed by atoms with van der Waals surface area (Å²) < 4.78 is 0. The quantitative estimate of drug-likeness (QED) is 0.483. The third-order valence-electron chi connectivity index (χ3n) is 9.16. The predicted molar refractivity (Wildman–Crippen MR) is 105 cm³/mol. The Bertz CT molecular complexity index is 684. The van der Waals surface area contributed by atoms with E-state index in [1.807, 2.05) is 0 Å². The molecule has 4 aliphatic carbocycles. The molecule has 0 saturated heterocycles. The van der Waals surface area contributed by atoms with Crippen LogP contribution >= 0.6 is 0 Å². The Morgan fingerprint density at radius 2 is 1.69 bits per heavy atom. The van der Waals surface area contributed by atoms with Crippen molar-refractivity contribution in [2.75, 3.05) is 0 Å². The van der Waals surface area contributed by atoms with Crippen LogP contribution < -0.4 is 0 Å². The van der Waals surface area contributed by atoms with Gasteiger partial charge in [-0.2, -0.15) is 0 Å². The zero-order valence-corrected chi connectivity index (χ0v) is 16.9. The van der Waals surface area contributed by atoms with Crippen molar-refractivity contribution >= 4 is 12.6 Å². The van der Waals surface area contributed by atoms with E-state index in [0.717, 1.165) is 36.9 Å². The molecule has 0 aromatic rings. The van der Waals surface area contributed by atoms with Crippen molar-refractivity contribution < 1.29 is 9.59 Å². The second-order valence-corrected chi connectivity index (χ2v) is 10.7. The molecule has 0 bridgehead atoms. The number of carbonyl (C=O) groups excluding carboxylic acids is 2. The molecule has 6 atom stereocenters. The molecule has 0 aliphatic heterocycles. The van der Waals surface area contributed by atoms with Crippen molar-refractivity contribution in [2.24, 2.45) is 39.9 Å². The molecule has 2 heteroatoms. The van der Waals surface area contributed by atoms with Gasteiger partial charge in [-0.3, -0.25) is 4.79 Å². The van der Waals surface area contributed by atoms with Crippen molar-refractivity contribution in [3.8, 4) is 0 Å². The summed E-state index contributed by atoms with van der Waals surface area (Å²) in [6.45, 7) is 9.78. The molecule has 2 nitrogen and oxygen atoms in total. The van der Waals surface area contributed by atoms with E-state index >= 15 is 0 Å². The van der Waals surface area contributed by atoms with Crippen molar-refractivity contribution in [3.05, 3.63) is 23.3 Å². The van der Waals surface area contributed by atoms with Gasteiger partial charge in [0.05, 0.1) is 0 Å². The maximum Gasteiger partial charge on any atom is 0.146 e. The molecule has 4 rings (SSSR count). The molecule has 2 saturated carbocycles. The van der Waals surface area contributed by atoms with E-state index in [1.54, 1.807) is 5.57 Å². The van der Waals surface area contributed by atoms with E-state index in [4.69, 9.17) is 0 Å². The molecule has 0 unspecified atom stereocenters. The predicted octanol–water partition coefficient (Wildman–Crippen LogP) is 5.53. The summed E-state index contributed by atoms with van der Waals surface area (Å²) in [5.41, 5.74) is 3.10. The van der Waals surface area contributed by atoms with Gasteiger partial charge in [-0.1, -0.05) is 51.8 Å². The van der Waals surface area contributed by atoms with Gasteiger partial charge in [0.25, 0.3) is 0 Å². The van der Waals surface area contributed by atoms with Crippen molar-refractivity contribution in [1.29, 1.82) is 0 Å². The van der Waals surface area contributed by atoms with Gasteiger partial charge < -0.3 is 4.79 Å². The van der Waals surface area contributed by atoms with Crippen LogP contribution in [0.2, 0.25) is 0 Å². The third kappa shape index (κ3) is 2.29. The lowest BCUT2D eigenvalue weighted by Gasteiger charge is -2.62. The SMILES string of the molecule is CC1(C)CCC[C@]2(C)[C@H]3CC[C@@]4(C)[C@@H](C=O)C(C=O)=CC[C@H]4C3=CC[C@@H]12. The van der Waals surface area contributed by atoms with E-state index in [2.05, 4.69) is 39.8 Å². The highest BCUT2D eigenvalue weighted by molar-refractivity contribution is 5.82. The second kappa shape index (κ2) is 5.91. The molecule has 4 aliphatic rings. The third-order valence-corrected chi connectivity index (χ3v) is 9.16. The Balaban J connectivity index is 1.76. The summed E-state index contributed by atoms with van der Waals surface area (Å²) in [5.74, 6) is 1.64. The summed E-state index contributed by atoms with van der Waals surface area (Å²) in [4.78, 5) is 23.4. The number of aldehydes is 2. The highest BCUT2D eigenvalue weighted by Crippen LogP contribution is 2.66. The van der Waals surface area contributed by atoms with Gasteiger partial charge in [-0.05, 0) is 78.1 Å². The maximum atomic E-state index is 11.9. The van der Waals surface area contributed by atoms with Gasteiger partial charge in [0.2, 0.25) is 0 Å². The van der Waals surface area contributed by atoms with Gasteiger partial charge in [0, 0.05) is 5.92 Å². The Labute approximate surface area is 158 Å². The fourth-order valence-corrected chi connectivity index (χ4v) is 7.73. The molecule has 142 valence electrons. The number of fused-ring (bicyclic) bond motifs is 5. The van der Waals surface area contributed by atoms with E-state index in [-0.39, 0.29) is 11.3 Å². The lowest BCUT2D eigenvalue weighted by atomic mass is 9.42. The molecule has 26 heavy (non-hydrogen) atoms. The minimum Gasteiger partial charge on any atom is -0.303 e. The monoisotopic (exact) mass is 354 g/mol. The topological polar surface area (TPSA) is 34.1 Å². The molecule has 0 N–H and O–H groups in total. The first-order valence-electron chi connectivity index (χ1n) is 10.6. The fraction of sp³-hybridized carbons (Fsp3) is 0.750. The Hall–Kier alpha value is -1.18. The van der Waals surface area contributed by atoms with E-state index < -0.39 is 0 Å². The van der Waals surface area contributed by atoms with Gasteiger partial charge in [-0.25, -0.2) is 0 Å². The summed E-state index contributed by atoms with van der Waals surface area (Å²) in [6, 6.07) is 0. The summed E-state index contributed by atoms with van der Waals surface area (Å²) in [6.07, 6.45) is 15.0. The van der Waals surface area contributed by atoms with E-state index in [1.165, 1.54) is 32.1 Å². The number of rotatable bonds is 2. The molecule has 2 fully saturated rings. The van der Waals surface area contributed by atoms with Crippen LogP contribution in [0.15, 0.2) is 23.3 Å². The van der Waals surface area contributed by atoms with Gasteiger partial charge >= 0.3 is 0 Å². The molecule has 0 amide bonds. The molecule has 0 radical (unpaired) electrons. The second-order valence-electron chi connectivity index (χ2n) is 10.7. The van der Waals surface area contributed by atoms with Crippen LogP contribution in [0, 0.1) is 39.9 Å². The molecule has 0 heterocycles. The van der Waals surface area contributed by atoms with Crippen molar-refractivity contribution in [1.82, 2.24) is 0 Å². The number of hydrogen-bond donors (Lipinski definition) is 0. The van der Waals surface area contributed by atoms with Crippen LogP contribution in [0.1, 0.15) is 72.6 Å². The lowest BCUT2D eigenvalue weighted by molar-refractivity contribution is -0.119. The summed E-state index contributed by atoms with van der Waals surface area (Å²) >= 11 is 0. The maximum absolute atomic E-state index is 11.9. The van der Waals surface area contributed by atoms with Crippen LogP contribution in [0.5, 0.6) is 0 Å². The van der Waals surface area contributed by atoms with Crippen LogP contribution in [0.3, 0.4) is 0 Å². The van der Waals surface area contributed by atoms with Crippen LogP contribution in [-0.2, 0) is 9.59 Å². The van der Waals surface area contributed by atoms with Gasteiger partial charge in [0.1, 0.15) is 12.6 Å². The first kappa shape index (κ1) is 18.2. The average molecular weight is 355 g/mol.